The molecule has 9 nitrogen and oxygen atoms in total. The zero-order chi connectivity index (χ0) is 25.6. The van der Waals surface area contributed by atoms with Crippen molar-refractivity contribution in [3.63, 3.8) is 0 Å². The molecule has 4 atom stereocenters. The van der Waals surface area contributed by atoms with Gasteiger partial charge in [0.1, 0.15) is 23.4 Å². The van der Waals surface area contributed by atoms with E-state index in [-0.39, 0.29) is 29.7 Å². The summed E-state index contributed by atoms with van der Waals surface area (Å²) in [7, 11) is 0. The van der Waals surface area contributed by atoms with Gasteiger partial charge < -0.3 is 10.0 Å². The summed E-state index contributed by atoms with van der Waals surface area (Å²) in [6, 6.07) is 6.97. The molecule has 0 aliphatic carbocycles. The fourth-order valence-corrected chi connectivity index (χ4v) is 6.22. The first kappa shape index (κ1) is 24.8. The quantitative estimate of drug-likeness (QED) is 0.520. The monoisotopic (exact) mass is 527 g/mol. The van der Waals surface area contributed by atoms with Crippen LogP contribution in [-0.2, 0) is 4.79 Å². The highest BCUT2D eigenvalue weighted by Crippen LogP contribution is 2.33. The summed E-state index contributed by atoms with van der Waals surface area (Å²) in [6.45, 7) is 6.43. The van der Waals surface area contributed by atoms with Gasteiger partial charge in [0, 0.05) is 29.2 Å². The molecule has 11 heteroatoms. The minimum absolute atomic E-state index is 0.210. The van der Waals surface area contributed by atoms with Crippen LogP contribution in [0.3, 0.4) is 0 Å². The number of carboxylic acids is 1. The van der Waals surface area contributed by atoms with Crippen LogP contribution in [0.15, 0.2) is 24.4 Å². The topological polar surface area (TPSA) is 111 Å². The first-order chi connectivity index (χ1) is 17.3. The Balaban J connectivity index is 1.43. The molecule has 1 aromatic carbocycles. The van der Waals surface area contributed by atoms with Crippen molar-refractivity contribution in [1.82, 2.24) is 24.6 Å². The number of rotatable bonds is 5. The maximum atomic E-state index is 11.7. The lowest BCUT2D eigenvalue weighted by molar-refractivity contribution is -0.143. The largest absolute Gasteiger partial charge is 0.480 e. The molecule has 2 saturated heterocycles. The minimum Gasteiger partial charge on any atom is -0.480 e. The third-order valence-corrected chi connectivity index (χ3v) is 8.03. The van der Waals surface area contributed by atoms with E-state index in [4.69, 9.17) is 28.2 Å². The zero-order valence-corrected chi connectivity index (χ0v) is 21.6. The molecular formula is C25H27Cl2N7O2. The Morgan fingerprint density at radius 2 is 2.08 bits per heavy atom. The highest BCUT2D eigenvalue weighted by molar-refractivity contribution is 6.35. The van der Waals surface area contributed by atoms with E-state index in [1.54, 1.807) is 23.0 Å². The Bertz CT molecular complexity index is 1350. The Morgan fingerprint density at radius 1 is 1.28 bits per heavy atom. The number of carboxylic acid groups (broad SMARTS) is 1. The summed E-state index contributed by atoms with van der Waals surface area (Å²) in [4.78, 5) is 25.5. The second kappa shape index (κ2) is 9.85. The molecule has 36 heavy (non-hydrogen) atoms. The van der Waals surface area contributed by atoms with E-state index in [0.29, 0.717) is 33.4 Å². The smallest absolute Gasteiger partial charge is 0.320 e. The summed E-state index contributed by atoms with van der Waals surface area (Å²) in [5.74, 6) is 0.251. The van der Waals surface area contributed by atoms with Gasteiger partial charge in [0.15, 0.2) is 11.3 Å². The summed E-state index contributed by atoms with van der Waals surface area (Å²) < 4.78 is 1.69. The maximum Gasteiger partial charge on any atom is 0.320 e. The molecule has 5 rings (SSSR count). The van der Waals surface area contributed by atoms with Crippen molar-refractivity contribution >= 4 is 46.2 Å². The first-order valence-electron chi connectivity index (χ1n) is 12.1. The number of fused-ring (bicyclic) bond motifs is 1. The van der Waals surface area contributed by atoms with E-state index in [9.17, 15) is 15.2 Å². The van der Waals surface area contributed by atoms with Gasteiger partial charge in [-0.15, -0.1) is 0 Å². The molecule has 0 spiro atoms. The molecule has 2 aliphatic heterocycles. The van der Waals surface area contributed by atoms with Crippen LogP contribution in [0, 0.1) is 17.2 Å². The van der Waals surface area contributed by atoms with E-state index in [1.165, 1.54) is 0 Å². The second-order valence-corrected chi connectivity index (χ2v) is 10.5. The molecule has 188 valence electrons. The van der Waals surface area contributed by atoms with Gasteiger partial charge in [-0.05, 0) is 56.3 Å². The minimum atomic E-state index is -0.727. The molecule has 3 aromatic rings. The molecule has 4 heterocycles. The summed E-state index contributed by atoms with van der Waals surface area (Å²) in [5, 5.41) is 24.8. The Hall–Kier alpha value is -2.93. The number of aromatic nitrogens is 4. The number of halogens is 2. The van der Waals surface area contributed by atoms with Crippen molar-refractivity contribution in [2.75, 3.05) is 24.5 Å². The Kier molecular flexibility index (Phi) is 6.77. The fourth-order valence-electron chi connectivity index (χ4n) is 5.65. The van der Waals surface area contributed by atoms with Crippen LogP contribution in [0.25, 0.3) is 11.2 Å². The summed E-state index contributed by atoms with van der Waals surface area (Å²) in [6.07, 6.45) is 4.18. The van der Waals surface area contributed by atoms with Crippen LogP contribution < -0.4 is 4.90 Å². The van der Waals surface area contributed by atoms with Crippen LogP contribution in [0.4, 0.5) is 5.82 Å². The number of piperidine rings is 1. The van der Waals surface area contributed by atoms with Gasteiger partial charge in [-0.2, -0.15) is 10.4 Å². The number of anilines is 1. The van der Waals surface area contributed by atoms with E-state index in [2.05, 4.69) is 32.9 Å². The number of carbonyl (C=O) groups is 1. The van der Waals surface area contributed by atoms with Crippen molar-refractivity contribution in [3.8, 4) is 6.07 Å². The standard InChI is InChI=1S/C25H27Cl2N7O2/c1-14-13-32(9-7-20(14)33-8-3-4-21(33)25(35)36)22-12-29-23-19(11-28)31-34(24(23)30-22)15(2)17-6-5-16(26)10-18(17)27/h5-6,10,12,14-15,20-21H,3-4,7-9,13H2,1-2H3,(H,35,36)/t14-,15?,20+,21+/m1/s1. The number of benzene rings is 1. The average molecular weight is 528 g/mol. The molecule has 2 fully saturated rings. The molecule has 0 amide bonds. The summed E-state index contributed by atoms with van der Waals surface area (Å²) >= 11 is 12.5. The van der Waals surface area contributed by atoms with Crippen molar-refractivity contribution in [2.24, 2.45) is 5.92 Å². The van der Waals surface area contributed by atoms with E-state index >= 15 is 0 Å². The van der Waals surface area contributed by atoms with Crippen LogP contribution in [0.2, 0.25) is 10.0 Å². The molecule has 1 unspecified atom stereocenters. The normalized spacial score (nSPS) is 23.6. The van der Waals surface area contributed by atoms with Crippen LogP contribution in [0.1, 0.15) is 50.4 Å². The molecule has 2 aliphatic rings. The molecule has 0 radical (unpaired) electrons. The predicted octanol–water partition coefficient (Wildman–Crippen LogP) is 4.38. The van der Waals surface area contributed by atoms with Crippen molar-refractivity contribution in [2.45, 2.75) is 51.2 Å². The molecular weight excluding hydrogens is 501 g/mol. The lowest BCUT2D eigenvalue weighted by Gasteiger charge is -2.43. The number of hydrogen-bond donors (Lipinski definition) is 1. The van der Waals surface area contributed by atoms with Gasteiger partial charge in [0.05, 0.1) is 12.2 Å². The van der Waals surface area contributed by atoms with Crippen LogP contribution in [0.5, 0.6) is 0 Å². The van der Waals surface area contributed by atoms with Gasteiger partial charge >= 0.3 is 5.97 Å². The van der Waals surface area contributed by atoms with Gasteiger partial charge in [0.2, 0.25) is 0 Å². The van der Waals surface area contributed by atoms with Gasteiger partial charge in [-0.1, -0.05) is 36.2 Å². The number of likely N-dealkylation sites (tertiary alicyclic amines) is 1. The Labute approximate surface area is 219 Å². The third kappa shape index (κ3) is 4.38. The van der Waals surface area contributed by atoms with Gasteiger partial charge in [-0.25, -0.2) is 14.6 Å². The maximum absolute atomic E-state index is 11.7. The van der Waals surface area contributed by atoms with Crippen molar-refractivity contribution in [1.29, 1.82) is 5.26 Å². The molecule has 1 N–H and O–H groups in total. The zero-order valence-electron chi connectivity index (χ0n) is 20.1. The number of hydrogen-bond acceptors (Lipinski definition) is 7. The van der Waals surface area contributed by atoms with Crippen LogP contribution in [-0.4, -0.2) is 67.4 Å². The third-order valence-electron chi connectivity index (χ3n) is 7.47. The lowest BCUT2D eigenvalue weighted by Crippen LogP contribution is -2.53. The van der Waals surface area contributed by atoms with Crippen molar-refractivity contribution < 1.29 is 9.90 Å². The van der Waals surface area contributed by atoms with Gasteiger partial charge in [0.25, 0.3) is 0 Å². The Morgan fingerprint density at radius 3 is 2.78 bits per heavy atom. The first-order valence-corrected chi connectivity index (χ1v) is 12.9. The predicted molar refractivity (Wildman–Crippen MR) is 137 cm³/mol. The second-order valence-electron chi connectivity index (χ2n) is 9.66. The fraction of sp³-hybridized carbons (Fsp3) is 0.480. The highest BCUT2D eigenvalue weighted by atomic mass is 35.5. The summed E-state index contributed by atoms with van der Waals surface area (Å²) in [5.41, 5.74) is 1.99. The van der Waals surface area contributed by atoms with Crippen LogP contribution >= 0.6 is 23.2 Å². The lowest BCUT2D eigenvalue weighted by atomic mass is 9.91. The van der Waals surface area contributed by atoms with E-state index in [0.717, 1.165) is 38.0 Å². The van der Waals surface area contributed by atoms with Gasteiger partial charge in [-0.3, -0.25) is 9.69 Å². The number of nitriles is 1. The van der Waals surface area contributed by atoms with Crippen molar-refractivity contribution in [3.05, 3.63) is 45.7 Å². The molecule has 0 saturated carbocycles. The highest BCUT2D eigenvalue weighted by Gasteiger charge is 2.40. The SMILES string of the molecule is CC(c1ccc(Cl)cc1Cl)n1nc(C#N)c2ncc(N3CC[C@H](N4CCC[C@H]4C(=O)O)[C@H](C)C3)nc21. The average Bonchev–Trinajstić information content (AvgIpc) is 3.48. The molecule has 2 aromatic heterocycles. The van der Waals surface area contributed by atoms with E-state index in [1.807, 2.05) is 13.0 Å². The number of aliphatic carboxylic acids is 1. The number of nitrogens with zero attached hydrogens (tertiary/aromatic N) is 7. The molecule has 0 bridgehead atoms. The van der Waals surface area contributed by atoms with E-state index < -0.39 is 5.97 Å².